The van der Waals surface area contributed by atoms with E-state index >= 15 is 0 Å². The zero-order valence-electron chi connectivity index (χ0n) is 15.0. The Kier molecular flexibility index (Phi) is 4.92. The molecule has 2 N–H and O–H groups in total. The van der Waals surface area contributed by atoms with E-state index in [1.807, 2.05) is 0 Å². The van der Waals surface area contributed by atoms with Crippen molar-refractivity contribution in [3.8, 4) is 34.6 Å². The first kappa shape index (κ1) is 18.6. The molecule has 146 valence electrons. The van der Waals surface area contributed by atoms with Crippen LogP contribution in [0.15, 0.2) is 63.6 Å². The fourth-order valence-corrected chi connectivity index (χ4v) is 2.83. The van der Waals surface area contributed by atoms with Gasteiger partial charge < -0.3 is 24.0 Å². The van der Waals surface area contributed by atoms with Crippen LogP contribution >= 0.6 is 11.6 Å². The number of aromatic hydroxyl groups is 1. The Balaban J connectivity index is 1.63. The molecule has 2 aromatic heterocycles. The van der Waals surface area contributed by atoms with Crippen LogP contribution in [0.1, 0.15) is 10.4 Å². The van der Waals surface area contributed by atoms with Gasteiger partial charge in [-0.15, -0.1) is 10.2 Å². The summed E-state index contributed by atoms with van der Waals surface area (Å²) in [7, 11) is 1.45. The van der Waals surface area contributed by atoms with Gasteiger partial charge in [-0.3, -0.25) is 4.79 Å². The molecule has 2 heterocycles. The van der Waals surface area contributed by atoms with Crippen LogP contribution in [-0.2, 0) is 0 Å². The minimum Gasteiger partial charge on any atom is -0.506 e. The number of hydrogen-bond acceptors (Lipinski definition) is 7. The Morgan fingerprint density at radius 1 is 1.14 bits per heavy atom. The van der Waals surface area contributed by atoms with Crippen molar-refractivity contribution in [2.75, 3.05) is 12.4 Å². The molecule has 0 aliphatic carbocycles. The van der Waals surface area contributed by atoms with Crippen molar-refractivity contribution in [2.45, 2.75) is 0 Å². The maximum absolute atomic E-state index is 12.7. The summed E-state index contributed by atoms with van der Waals surface area (Å²) >= 11 is 5.98. The molecule has 4 rings (SSSR count). The Morgan fingerprint density at radius 3 is 2.72 bits per heavy atom. The smallest absolute Gasteiger partial charge is 0.283 e. The van der Waals surface area contributed by atoms with Crippen molar-refractivity contribution in [2.24, 2.45) is 0 Å². The summed E-state index contributed by atoms with van der Waals surface area (Å²) in [6.07, 6.45) is 1.50. The summed E-state index contributed by atoms with van der Waals surface area (Å²) in [4.78, 5) is 12.7. The highest BCUT2D eigenvalue weighted by atomic mass is 35.5. The van der Waals surface area contributed by atoms with Crippen molar-refractivity contribution in [1.82, 2.24) is 10.2 Å². The number of phenolic OH excluding ortho intramolecular Hbond substituents is 1. The summed E-state index contributed by atoms with van der Waals surface area (Å²) in [6.45, 7) is 0. The van der Waals surface area contributed by atoms with Gasteiger partial charge in [-0.25, -0.2) is 0 Å². The summed E-state index contributed by atoms with van der Waals surface area (Å²) in [5.41, 5.74) is 0.886. The fourth-order valence-electron chi connectivity index (χ4n) is 2.66. The number of rotatable bonds is 5. The molecule has 0 unspecified atom stereocenters. The molecule has 0 saturated heterocycles. The number of furan rings is 1. The summed E-state index contributed by atoms with van der Waals surface area (Å²) in [5, 5.41) is 21.1. The number of aromatic nitrogens is 2. The number of nitrogens with zero attached hydrogens (tertiary/aromatic N) is 2. The standard InChI is InChI=1S/C20H14ClN3O5/c1-27-16-7-5-12(21)10-13(16)18(26)22-14-9-11(4-6-15(14)25)19-23-24-20(29-19)17-3-2-8-28-17/h2-10,25H,1H3,(H,22,26). The molecule has 0 saturated carbocycles. The summed E-state index contributed by atoms with van der Waals surface area (Å²) in [6, 6.07) is 12.6. The number of amides is 1. The normalized spacial score (nSPS) is 10.7. The lowest BCUT2D eigenvalue weighted by atomic mass is 10.1. The quantitative estimate of drug-likeness (QED) is 0.461. The van der Waals surface area contributed by atoms with Crippen LogP contribution in [0.3, 0.4) is 0 Å². The van der Waals surface area contributed by atoms with Crippen molar-refractivity contribution in [3.63, 3.8) is 0 Å². The molecule has 29 heavy (non-hydrogen) atoms. The van der Waals surface area contributed by atoms with Gasteiger partial charge in [-0.05, 0) is 48.5 Å². The van der Waals surface area contributed by atoms with Crippen LogP contribution in [0.2, 0.25) is 5.02 Å². The highest BCUT2D eigenvalue weighted by Crippen LogP contribution is 2.32. The van der Waals surface area contributed by atoms with Gasteiger partial charge in [0.25, 0.3) is 11.8 Å². The Hall–Kier alpha value is -3.78. The van der Waals surface area contributed by atoms with Crippen LogP contribution in [0.5, 0.6) is 11.5 Å². The number of phenols is 1. The molecule has 4 aromatic rings. The Labute approximate surface area is 169 Å². The maximum atomic E-state index is 12.7. The first-order valence-corrected chi connectivity index (χ1v) is 8.78. The van der Waals surface area contributed by atoms with Crippen molar-refractivity contribution in [1.29, 1.82) is 0 Å². The number of ether oxygens (including phenoxy) is 1. The highest BCUT2D eigenvalue weighted by molar-refractivity contribution is 6.31. The molecule has 8 nitrogen and oxygen atoms in total. The number of benzene rings is 2. The second-order valence-electron chi connectivity index (χ2n) is 5.92. The topological polar surface area (TPSA) is 111 Å². The van der Waals surface area contributed by atoms with Gasteiger partial charge >= 0.3 is 0 Å². The molecule has 0 aliphatic rings. The number of carbonyl (C=O) groups is 1. The number of carbonyl (C=O) groups excluding carboxylic acids is 1. The van der Waals surface area contributed by atoms with Crippen LogP contribution in [-0.4, -0.2) is 28.3 Å². The predicted molar refractivity (Wildman–Crippen MR) is 105 cm³/mol. The molecule has 0 fully saturated rings. The average molecular weight is 412 g/mol. The number of methoxy groups -OCH3 is 1. The van der Waals surface area contributed by atoms with Gasteiger partial charge in [-0.1, -0.05) is 11.6 Å². The van der Waals surface area contributed by atoms with Crippen LogP contribution in [0.25, 0.3) is 23.1 Å². The molecule has 0 radical (unpaired) electrons. The van der Waals surface area contributed by atoms with Crippen molar-refractivity contribution >= 4 is 23.2 Å². The molecule has 9 heteroatoms. The number of anilines is 1. The summed E-state index contributed by atoms with van der Waals surface area (Å²) in [5.74, 6) is 0.568. The molecular weight excluding hydrogens is 398 g/mol. The predicted octanol–water partition coefficient (Wildman–Crippen LogP) is 4.62. The molecule has 0 aliphatic heterocycles. The average Bonchev–Trinajstić information content (AvgIpc) is 3.41. The molecule has 0 bridgehead atoms. The van der Waals surface area contributed by atoms with E-state index in [0.717, 1.165) is 0 Å². The van der Waals surface area contributed by atoms with E-state index in [-0.39, 0.29) is 28.8 Å². The second kappa shape index (κ2) is 7.69. The maximum Gasteiger partial charge on any atom is 0.283 e. The monoisotopic (exact) mass is 411 g/mol. The lowest BCUT2D eigenvalue weighted by Gasteiger charge is -2.11. The zero-order chi connectivity index (χ0) is 20.4. The summed E-state index contributed by atoms with van der Waals surface area (Å²) < 4.78 is 16.0. The van der Waals surface area contributed by atoms with E-state index < -0.39 is 5.91 Å². The van der Waals surface area contributed by atoms with E-state index in [2.05, 4.69) is 15.5 Å². The third-order valence-electron chi connectivity index (χ3n) is 4.05. The van der Waals surface area contributed by atoms with Gasteiger partial charge in [0.2, 0.25) is 5.89 Å². The minimum absolute atomic E-state index is 0.131. The van der Waals surface area contributed by atoms with E-state index in [1.54, 1.807) is 30.3 Å². The Bertz CT molecular complexity index is 1170. The minimum atomic E-state index is -0.501. The second-order valence-corrected chi connectivity index (χ2v) is 6.36. The van der Waals surface area contributed by atoms with Crippen molar-refractivity contribution < 1.29 is 23.5 Å². The largest absolute Gasteiger partial charge is 0.506 e. The third kappa shape index (κ3) is 3.78. The fraction of sp³-hybridized carbons (Fsp3) is 0.0500. The van der Waals surface area contributed by atoms with Gasteiger partial charge in [0.1, 0.15) is 11.5 Å². The van der Waals surface area contributed by atoms with E-state index in [9.17, 15) is 9.90 Å². The molecule has 0 spiro atoms. The van der Waals surface area contributed by atoms with Crippen molar-refractivity contribution in [3.05, 3.63) is 65.4 Å². The lowest BCUT2D eigenvalue weighted by molar-refractivity contribution is 0.102. The van der Waals surface area contributed by atoms with Crippen LogP contribution < -0.4 is 10.1 Å². The number of halogens is 1. The highest BCUT2D eigenvalue weighted by Gasteiger charge is 2.17. The molecule has 2 aromatic carbocycles. The Morgan fingerprint density at radius 2 is 1.97 bits per heavy atom. The molecule has 0 atom stereocenters. The van der Waals surface area contributed by atoms with Gasteiger partial charge in [0.15, 0.2) is 5.76 Å². The number of hydrogen-bond donors (Lipinski definition) is 2. The van der Waals surface area contributed by atoms with Crippen LogP contribution in [0.4, 0.5) is 5.69 Å². The molecular formula is C20H14ClN3O5. The first-order valence-electron chi connectivity index (χ1n) is 8.41. The number of nitrogens with one attached hydrogen (secondary N) is 1. The van der Waals surface area contributed by atoms with E-state index in [1.165, 1.54) is 31.6 Å². The SMILES string of the molecule is COc1ccc(Cl)cc1C(=O)Nc1cc(-c2nnc(-c3ccco3)o2)ccc1O. The lowest BCUT2D eigenvalue weighted by Crippen LogP contribution is -2.13. The van der Waals surface area contributed by atoms with E-state index in [0.29, 0.717) is 22.1 Å². The molecule has 1 amide bonds. The van der Waals surface area contributed by atoms with Crippen LogP contribution in [0, 0.1) is 0 Å². The van der Waals surface area contributed by atoms with Gasteiger partial charge in [-0.2, -0.15) is 0 Å². The zero-order valence-corrected chi connectivity index (χ0v) is 15.8. The van der Waals surface area contributed by atoms with Gasteiger partial charge in [0, 0.05) is 10.6 Å². The van der Waals surface area contributed by atoms with E-state index in [4.69, 9.17) is 25.2 Å². The third-order valence-corrected chi connectivity index (χ3v) is 4.29. The van der Waals surface area contributed by atoms with Gasteiger partial charge in [0.05, 0.1) is 24.6 Å². The first-order chi connectivity index (χ1) is 14.0.